The molecule has 0 atom stereocenters. The largest absolute Gasteiger partial charge is 0.241 e. The quantitative estimate of drug-likeness (QED) is 0.607. The average Bonchev–Trinajstić information content (AvgIpc) is 2.47. The molecule has 1 aromatic heterocycles. The molecule has 0 amide bonds. The van der Waals surface area contributed by atoms with Crippen LogP contribution < -0.4 is 0 Å². The fourth-order valence-corrected chi connectivity index (χ4v) is 2.47. The first-order valence-electron chi connectivity index (χ1n) is 4.57. The second kappa shape index (κ2) is 3.93. The van der Waals surface area contributed by atoms with E-state index >= 15 is 0 Å². The Kier molecular flexibility index (Phi) is 3.11. The highest BCUT2D eigenvalue weighted by molar-refractivity contribution is 7.16. The van der Waals surface area contributed by atoms with Gasteiger partial charge in [-0.1, -0.05) is 27.7 Å². The van der Waals surface area contributed by atoms with E-state index in [9.17, 15) is 0 Å². The van der Waals surface area contributed by atoms with Crippen LogP contribution in [0.3, 0.4) is 0 Å². The average molecular weight is 193 g/mol. The lowest BCUT2D eigenvalue weighted by molar-refractivity contribution is 0.810. The van der Waals surface area contributed by atoms with Crippen LogP contribution in [0.1, 0.15) is 50.0 Å². The standard InChI is InChI=1S/C11H15NS/c1-7(2)9-6-10(12-5)13-11(9)8(3)4/h6-8H,1-4H3. The Morgan fingerprint density at radius 2 is 1.85 bits per heavy atom. The van der Waals surface area contributed by atoms with Crippen molar-refractivity contribution in [3.63, 3.8) is 0 Å². The van der Waals surface area contributed by atoms with Crippen LogP contribution in [0, 0.1) is 6.57 Å². The van der Waals surface area contributed by atoms with E-state index in [1.165, 1.54) is 10.4 Å². The second-order valence-corrected chi connectivity index (χ2v) is 4.89. The van der Waals surface area contributed by atoms with Crippen LogP contribution in [0.4, 0.5) is 5.00 Å². The SMILES string of the molecule is [C-]#[N+]c1cc(C(C)C)c(C(C)C)s1. The summed E-state index contributed by atoms with van der Waals surface area (Å²) >= 11 is 1.64. The van der Waals surface area contributed by atoms with E-state index in [4.69, 9.17) is 6.57 Å². The van der Waals surface area contributed by atoms with E-state index in [-0.39, 0.29) is 0 Å². The number of thiophene rings is 1. The van der Waals surface area contributed by atoms with E-state index < -0.39 is 0 Å². The van der Waals surface area contributed by atoms with Gasteiger partial charge in [0.15, 0.2) is 0 Å². The summed E-state index contributed by atoms with van der Waals surface area (Å²) in [4.78, 5) is 4.86. The molecule has 1 nitrogen and oxygen atoms in total. The maximum Gasteiger partial charge on any atom is 0.241 e. The van der Waals surface area contributed by atoms with Crippen molar-refractivity contribution in [1.29, 1.82) is 0 Å². The Morgan fingerprint density at radius 3 is 2.15 bits per heavy atom. The Morgan fingerprint density at radius 1 is 1.23 bits per heavy atom. The zero-order valence-corrected chi connectivity index (χ0v) is 9.40. The van der Waals surface area contributed by atoms with Gasteiger partial charge in [0.05, 0.1) is 6.57 Å². The summed E-state index contributed by atoms with van der Waals surface area (Å²) in [7, 11) is 0. The topological polar surface area (TPSA) is 4.36 Å². The van der Waals surface area contributed by atoms with Gasteiger partial charge in [-0.3, -0.25) is 0 Å². The van der Waals surface area contributed by atoms with E-state index in [0.29, 0.717) is 11.8 Å². The van der Waals surface area contributed by atoms with Crippen molar-refractivity contribution >= 4 is 16.3 Å². The Balaban J connectivity index is 3.17. The molecule has 0 aliphatic rings. The van der Waals surface area contributed by atoms with Gasteiger partial charge < -0.3 is 0 Å². The zero-order valence-electron chi connectivity index (χ0n) is 8.59. The molecule has 0 radical (unpaired) electrons. The third-order valence-electron chi connectivity index (χ3n) is 2.03. The summed E-state index contributed by atoms with van der Waals surface area (Å²) in [6, 6.07) is 2.04. The Labute approximate surface area is 84.2 Å². The smallest absolute Gasteiger partial charge is 0.227 e. The highest BCUT2D eigenvalue weighted by Crippen LogP contribution is 2.38. The normalized spacial score (nSPS) is 10.8. The van der Waals surface area contributed by atoms with Gasteiger partial charge in [0.1, 0.15) is 0 Å². The predicted octanol–water partition coefficient (Wildman–Crippen LogP) is 4.55. The summed E-state index contributed by atoms with van der Waals surface area (Å²) in [5.74, 6) is 1.07. The van der Waals surface area contributed by atoms with Crippen molar-refractivity contribution in [2.45, 2.75) is 39.5 Å². The molecule has 13 heavy (non-hydrogen) atoms. The fraction of sp³-hybridized carbons (Fsp3) is 0.545. The van der Waals surface area contributed by atoms with Crippen molar-refractivity contribution in [3.05, 3.63) is 27.9 Å². The number of hydrogen-bond donors (Lipinski definition) is 0. The van der Waals surface area contributed by atoms with Crippen molar-refractivity contribution in [2.24, 2.45) is 0 Å². The summed E-state index contributed by atoms with van der Waals surface area (Å²) in [5.41, 5.74) is 1.35. The molecule has 0 bridgehead atoms. The number of hydrogen-bond acceptors (Lipinski definition) is 1. The molecule has 0 aliphatic heterocycles. The monoisotopic (exact) mass is 193 g/mol. The molecule has 1 aromatic rings. The van der Waals surface area contributed by atoms with Gasteiger partial charge in [0.25, 0.3) is 0 Å². The van der Waals surface area contributed by atoms with Gasteiger partial charge >= 0.3 is 0 Å². The molecule has 0 fully saturated rings. The van der Waals surface area contributed by atoms with E-state index in [1.54, 1.807) is 11.3 Å². The van der Waals surface area contributed by atoms with Crippen molar-refractivity contribution in [3.8, 4) is 0 Å². The van der Waals surface area contributed by atoms with Gasteiger partial charge in [-0.25, -0.2) is 4.85 Å². The second-order valence-electron chi connectivity index (χ2n) is 3.83. The molecule has 0 saturated carbocycles. The Bertz CT molecular complexity index is 303. The minimum absolute atomic E-state index is 0.532. The van der Waals surface area contributed by atoms with Crippen LogP contribution in [0.25, 0.3) is 4.85 Å². The van der Waals surface area contributed by atoms with E-state index in [2.05, 4.69) is 32.5 Å². The van der Waals surface area contributed by atoms with Crippen LogP contribution in [0.2, 0.25) is 0 Å². The van der Waals surface area contributed by atoms with E-state index in [1.807, 2.05) is 6.07 Å². The van der Waals surface area contributed by atoms with Crippen molar-refractivity contribution in [2.75, 3.05) is 0 Å². The van der Waals surface area contributed by atoms with Gasteiger partial charge in [-0.15, -0.1) is 0 Å². The lowest BCUT2D eigenvalue weighted by Gasteiger charge is -2.09. The third kappa shape index (κ3) is 2.10. The number of nitrogens with zero attached hydrogens (tertiary/aromatic N) is 1. The molecular formula is C11H15NS. The third-order valence-corrected chi connectivity index (χ3v) is 3.38. The van der Waals surface area contributed by atoms with Crippen LogP contribution in [0.15, 0.2) is 6.07 Å². The molecule has 0 N–H and O–H groups in total. The first-order chi connectivity index (χ1) is 6.06. The van der Waals surface area contributed by atoms with Crippen LogP contribution in [-0.4, -0.2) is 0 Å². The lowest BCUT2D eigenvalue weighted by atomic mass is 9.99. The summed E-state index contributed by atoms with van der Waals surface area (Å²) in [5, 5.41) is 0.826. The maximum atomic E-state index is 6.97. The van der Waals surface area contributed by atoms with Crippen LogP contribution in [-0.2, 0) is 0 Å². The Hall–Kier alpha value is -0.810. The molecule has 0 spiro atoms. The first-order valence-corrected chi connectivity index (χ1v) is 5.39. The predicted molar refractivity (Wildman–Crippen MR) is 58.8 cm³/mol. The summed E-state index contributed by atoms with van der Waals surface area (Å²) < 4.78 is 0. The highest BCUT2D eigenvalue weighted by Gasteiger charge is 2.13. The molecule has 0 unspecified atom stereocenters. The fourth-order valence-electron chi connectivity index (χ4n) is 1.36. The van der Waals surface area contributed by atoms with Gasteiger partial charge in [0.2, 0.25) is 5.00 Å². The number of rotatable bonds is 2. The molecule has 1 rings (SSSR count). The van der Waals surface area contributed by atoms with Crippen molar-refractivity contribution in [1.82, 2.24) is 0 Å². The van der Waals surface area contributed by atoms with Crippen LogP contribution >= 0.6 is 11.3 Å². The zero-order chi connectivity index (χ0) is 10.0. The molecule has 2 heteroatoms. The van der Waals surface area contributed by atoms with Gasteiger partial charge in [0, 0.05) is 0 Å². The lowest BCUT2D eigenvalue weighted by Crippen LogP contribution is -1.91. The molecule has 0 aromatic carbocycles. The van der Waals surface area contributed by atoms with Crippen molar-refractivity contribution < 1.29 is 0 Å². The minimum Gasteiger partial charge on any atom is -0.227 e. The van der Waals surface area contributed by atoms with Gasteiger partial charge in [-0.2, -0.15) is 11.3 Å². The van der Waals surface area contributed by atoms with Crippen LogP contribution in [0.5, 0.6) is 0 Å². The molecule has 70 valence electrons. The molecular weight excluding hydrogens is 178 g/mol. The minimum atomic E-state index is 0.532. The maximum absolute atomic E-state index is 6.97. The van der Waals surface area contributed by atoms with Gasteiger partial charge in [-0.05, 0) is 28.3 Å². The first kappa shape index (κ1) is 10.3. The highest BCUT2D eigenvalue weighted by atomic mass is 32.1. The molecule has 0 saturated heterocycles. The molecule has 0 aliphatic carbocycles. The summed E-state index contributed by atoms with van der Waals surface area (Å²) in [6.45, 7) is 15.7. The molecule has 1 heterocycles. The summed E-state index contributed by atoms with van der Waals surface area (Å²) in [6.07, 6.45) is 0. The van der Waals surface area contributed by atoms with E-state index in [0.717, 1.165) is 5.00 Å².